The average molecular weight is 1100 g/mol. The normalized spacial score (nSPS) is 26.3. The van der Waals surface area contributed by atoms with Gasteiger partial charge in [-0.1, -0.05) is 138 Å². The minimum atomic E-state index is -0.140. The van der Waals surface area contributed by atoms with E-state index in [9.17, 15) is 5.26 Å². The Labute approximate surface area is 500 Å². The highest BCUT2D eigenvalue weighted by Gasteiger charge is 2.60. The van der Waals surface area contributed by atoms with Crippen molar-refractivity contribution in [1.29, 1.82) is 5.26 Å². The molecule has 6 atom stereocenters. The van der Waals surface area contributed by atoms with E-state index in [4.69, 9.17) is 13.1 Å². The highest BCUT2D eigenvalue weighted by molar-refractivity contribution is 6.30. The fraction of sp³-hybridized carbons (Fsp3) is 0.304. The zero-order valence-electron chi connectivity index (χ0n) is 49.8. The van der Waals surface area contributed by atoms with Crippen LogP contribution in [0.3, 0.4) is 0 Å². The molecule has 3 heterocycles. The Morgan fingerprint density at radius 3 is 1.13 bits per heavy atom. The molecule has 85 heavy (non-hydrogen) atoms. The second-order valence-corrected chi connectivity index (χ2v) is 27.4. The van der Waals surface area contributed by atoms with E-state index in [1.165, 1.54) is 138 Å². The van der Waals surface area contributed by atoms with Crippen LogP contribution < -0.4 is 14.7 Å². The minimum Gasteiger partial charge on any atom is -0.335 e. The Hall–Kier alpha value is -8.89. The predicted octanol–water partition coefficient (Wildman–Crippen LogP) is 21.8. The van der Waals surface area contributed by atoms with Crippen LogP contribution in [0.5, 0.6) is 0 Å². The molecule has 6 nitrogen and oxygen atoms in total. The van der Waals surface area contributed by atoms with Gasteiger partial charge in [0.05, 0.1) is 41.4 Å². The van der Waals surface area contributed by atoms with Gasteiger partial charge in [0.25, 0.3) is 0 Å². The Kier molecular flexibility index (Phi) is 11.0. The molecule has 6 unspecified atom stereocenters. The van der Waals surface area contributed by atoms with Crippen LogP contribution in [0.1, 0.15) is 141 Å². The molecule has 0 N–H and O–H groups in total. The summed E-state index contributed by atoms with van der Waals surface area (Å²) in [4.78, 5) is 15.4. The zero-order valence-corrected chi connectivity index (χ0v) is 49.8. The lowest BCUT2D eigenvalue weighted by molar-refractivity contribution is 0.195. The summed E-state index contributed by atoms with van der Waals surface area (Å²) in [7, 11) is 0. The summed E-state index contributed by atoms with van der Waals surface area (Å²) in [6.07, 6.45) is 13.8. The van der Waals surface area contributed by atoms with Crippen molar-refractivity contribution < 1.29 is 0 Å². The number of hydrogen-bond donors (Lipinski definition) is 0. The summed E-state index contributed by atoms with van der Waals surface area (Å²) < 4.78 is 0. The number of anilines is 6. The number of nitriles is 1. The monoisotopic (exact) mass is 1100 g/mol. The molecule has 6 aliphatic rings. The summed E-state index contributed by atoms with van der Waals surface area (Å²) in [6.45, 7) is 30.5. The van der Waals surface area contributed by atoms with E-state index in [-0.39, 0.29) is 32.9 Å². The molecule has 3 fully saturated rings. The Bertz CT molecular complexity index is 4430. The van der Waals surface area contributed by atoms with Gasteiger partial charge in [0.1, 0.15) is 0 Å². The lowest BCUT2D eigenvalue weighted by Gasteiger charge is -2.50. The highest BCUT2D eigenvalue weighted by atomic mass is 15.3. The molecule has 0 spiro atoms. The molecule has 3 aliphatic heterocycles. The van der Waals surface area contributed by atoms with Crippen molar-refractivity contribution in [2.75, 3.05) is 14.7 Å². The van der Waals surface area contributed by atoms with Crippen LogP contribution in [0.4, 0.5) is 45.5 Å². The number of rotatable bonds is 6. The van der Waals surface area contributed by atoms with Gasteiger partial charge < -0.3 is 14.7 Å². The van der Waals surface area contributed by atoms with Gasteiger partial charge in [-0.15, -0.1) is 0 Å². The first-order valence-corrected chi connectivity index (χ1v) is 31.2. The fourth-order valence-corrected chi connectivity index (χ4v) is 18.6. The van der Waals surface area contributed by atoms with E-state index in [1.807, 2.05) is 36.4 Å². The second-order valence-electron chi connectivity index (χ2n) is 27.4. The molecule has 0 radical (unpaired) electrons. The summed E-state index contributed by atoms with van der Waals surface area (Å²) in [5, 5.41) is 17.5. The molecule has 3 aliphatic carbocycles. The van der Waals surface area contributed by atoms with Crippen molar-refractivity contribution in [3.8, 4) is 39.4 Å². The first-order valence-electron chi connectivity index (χ1n) is 31.2. The van der Waals surface area contributed by atoms with Crippen molar-refractivity contribution in [2.24, 2.45) is 0 Å². The molecule has 0 bridgehead atoms. The average Bonchev–Trinajstić information content (AvgIpc) is 1.64. The number of hydrogen-bond acceptors (Lipinski definition) is 4. The molecular formula is C79H70N6. The van der Waals surface area contributed by atoms with Gasteiger partial charge in [-0.05, 0) is 233 Å². The van der Waals surface area contributed by atoms with Crippen LogP contribution >= 0.6 is 0 Å². The number of fused-ring (bicyclic) bond motifs is 9. The van der Waals surface area contributed by atoms with Crippen LogP contribution in [0.15, 0.2) is 170 Å². The van der Waals surface area contributed by atoms with Gasteiger partial charge in [0, 0.05) is 50.4 Å². The van der Waals surface area contributed by atoms with Crippen LogP contribution in [-0.4, -0.2) is 16.6 Å². The van der Waals surface area contributed by atoms with E-state index >= 15 is 0 Å². The van der Waals surface area contributed by atoms with Gasteiger partial charge in [-0.2, -0.15) is 5.26 Å². The fourth-order valence-electron chi connectivity index (χ4n) is 18.6. The van der Waals surface area contributed by atoms with Gasteiger partial charge in [0.2, 0.25) is 0 Å². The largest absolute Gasteiger partial charge is 0.335 e. The summed E-state index contributed by atoms with van der Waals surface area (Å²) in [5.41, 5.74) is 20.4. The smallest absolute Gasteiger partial charge is 0.187 e. The first-order chi connectivity index (χ1) is 41.2. The molecule has 3 saturated carbocycles. The molecule has 416 valence electrons. The molecule has 0 saturated heterocycles. The zero-order chi connectivity index (χ0) is 58.0. The Balaban J connectivity index is 0.920. The van der Waals surface area contributed by atoms with Gasteiger partial charge in [-0.25, -0.2) is 9.69 Å². The molecule has 10 aromatic rings. The SMILES string of the molecule is [C-]#[N+]c1ccc(N2c3ccc(-c4ccc5ccc6c(-c7ccc8c(c7)C7(C)CCCCC7(C)N8c7ccc(C#N)cc7)cc(-c7ccc8c(c7)C7(C)CCCCC7(C)N8c7ccc([N+]#[C-])cc7)c7ccc4c5c67)cc3C3(C)CCCCC23C)cc1. The van der Waals surface area contributed by atoms with Crippen LogP contribution in [0.2, 0.25) is 0 Å². The Morgan fingerprint density at radius 2 is 0.729 bits per heavy atom. The van der Waals surface area contributed by atoms with Crippen LogP contribution in [0.25, 0.3) is 75.4 Å². The lowest BCUT2D eigenvalue weighted by atomic mass is 9.61. The lowest BCUT2D eigenvalue weighted by Crippen LogP contribution is -2.54. The third-order valence-electron chi connectivity index (χ3n) is 23.8. The highest BCUT2D eigenvalue weighted by Crippen LogP contribution is 2.65. The van der Waals surface area contributed by atoms with E-state index in [0.717, 1.165) is 55.6 Å². The van der Waals surface area contributed by atoms with Crippen molar-refractivity contribution in [3.63, 3.8) is 0 Å². The quantitative estimate of drug-likeness (QED) is 0.123. The molecule has 10 aromatic carbocycles. The maximum Gasteiger partial charge on any atom is 0.187 e. The summed E-state index contributed by atoms with van der Waals surface area (Å²) >= 11 is 0. The third kappa shape index (κ3) is 6.79. The number of nitrogens with zero attached hydrogens (tertiary/aromatic N) is 6. The molecule has 0 aromatic heterocycles. The van der Waals surface area contributed by atoms with E-state index < -0.39 is 0 Å². The van der Waals surface area contributed by atoms with Gasteiger partial charge in [0.15, 0.2) is 11.4 Å². The number of benzene rings is 10. The van der Waals surface area contributed by atoms with Crippen molar-refractivity contribution in [2.45, 2.75) is 151 Å². The predicted molar refractivity (Wildman–Crippen MR) is 352 cm³/mol. The minimum absolute atomic E-state index is 0.0637. The topological polar surface area (TPSA) is 42.2 Å². The molecule has 16 rings (SSSR count). The van der Waals surface area contributed by atoms with Crippen LogP contribution in [-0.2, 0) is 16.2 Å². The maximum atomic E-state index is 9.82. The summed E-state index contributed by atoms with van der Waals surface area (Å²) in [6, 6.07) is 66.3. The van der Waals surface area contributed by atoms with E-state index in [1.54, 1.807) is 0 Å². The molecular weight excluding hydrogens is 1030 g/mol. The van der Waals surface area contributed by atoms with Crippen molar-refractivity contribution in [3.05, 3.63) is 215 Å². The third-order valence-corrected chi connectivity index (χ3v) is 23.8. The Morgan fingerprint density at radius 1 is 0.376 bits per heavy atom. The second kappa shape index (κ2) is 18.1. The maximum absolute atomic E-state index is 9.82. The molecule has 6 heteroatoms. The van der Waals surface area contributed by atoms with Gasteiger partial charge >= 0.3 is 0 Å². The first kappa shape index (κ1) is 51.7. The van der Waals surface area contributed by atoms with Crippen LogP contribution in [0, 0.1) is 24.5 Å². The molecule has 0 amide bonds. The van der Waals surface area contributed by atoms with Crippen molar-refractivity contribution >= 4 is 77.8 Å². The van der Waals surface area contributed by atoms with Gasteiger partial charge in [-0.3, -0.25) is 0 Å². The van der Waals surface area contributed by atoms with E-state index in [0.29, 0.717) is 16.9 Å². The summed E-state index contributed by atoms with van der Waals surface area (Å²) in [5.74, 6) is 0. The van der Waals surface area contributed by atoms with Crippen molar-refractivity contribution in [1.82, 2.24) is 0 Å². The standard InChI is InChI=1S/C79H70N6/c1-74-39-9-13-43-78(74,5)84(58-28-22-55(81-7)23-29-58)69-36-19-52(45-66(69)74)60-32-17-51-18-33-62-64(53-20-37-70-67(46-53)75(2)40-10-12-42-77(75,4)83(70)57-26-15-50(49-80)16-27-57)48-65(63-35-34-61(60)72(51)73(62)63)54-21-38-71-68(47-54)76(3)41-11-14-44-79(76,6)85(71)59-30-24-56(82-8)25-31-59/h15-38,45-48H,9-14,39-44H2,1-6H3. The van der Waals surface area contributed by atoms with E-state index in [2.05, 4.69) is 205 Å².